The molecule has 8 heterocycles. The third-order valence-electron chi connectivity index (χ3n) is 18.7. The summed E-state index contributed by atoms with van der Waals surface area (Å²) in [6.07, 6.45) is -8.25. The lowest BCUT2D eigenvalue weighted by molar-refractivity contribution is -0.221. The van der Waals surface area contributed by atoms with Gasteiger partial charge in [-0.1, -0.05) is 24.3 Å². The van der Waals surface area contributed by atoms with Gasteiger partial charge in [-0.3, -0.25) is 24.8 Å². The molecule has 0 aliphatic carbocycles. The standard InChI is InChI=1S/C61H75F8N11O9/c1-58(2,60(64,65)66)52(73-56(84)86-5)54(82)72-48(19-34-7-9-35(10-8-34)36-11-17-50(70-22-36)76-24-39-13-14-40(25-76)79(39)43-30-88-31-43)49(81)29-78(75-55(83)53(74-57(85)87-6)59(3,4)61(67,68)69)28-45-46(62)20-38(21-47(45)63)37-12-18-51(71-23-37)77-26-41-15-16-42(27-77)80(41)44-32-89-33-44/h7-12,17-18,20-23,39-44,48-49,52-53,81H,13-16,19,24-33H2,1-6H3,(H,72,82)(H,73,84)(H,74,85)(H,75,83)/t39?,40?,41?,42?,48-,49-,52+,53+/m0/s1. The number of hydrogen-bond donors (Lipinski definition) is 5. The zero-order chi connectivity index (χ0) is 63.9. The van der Waals surface area contributed by atoms with Gasteiger partial charge in [0, 0.05) is 92.5 Å². The summed E-state index contributed by atoms with van der Waals surface area (Å²) in [7, 11) is 1.69. The average molecular weight is 1260 g/mol. The number of aliphatic hydroxyl groups excluding tert-OH is 1. The first kappa shape index (κ1) is 65.0. The highest BCUT2D eigenvalue weighted by Crippen LogP contribution is 2.43. The highest BCUT2D eigenvalue weighted by molar-refractivity contribution is 5.87. The number of hydrogen-bond acceptors (Lipinski definition) is 16. The van der Waals surface area contributed by atoms with Gasteiger partial charge in [0.2, 0.25) is 5.91 Å². The van der Waals surface area contributed by atoms with Gasteiger partial charge in [0.1, 0.15) is 35.4 Å². The number of amides is 4. The second kappa shape index (κ2) is 26.1. The molecule has 4 unspecified atom stereocenters. The smallest absolute Gasteiger partial charge is 0.407 e. The van der Waals surface area contributed by atoms with Gasteiger partial charge in [-0.15, -0.1) is 0 Å². The fourth-order valence-corrected chi connectivity index (χ4v) is 13.0. The molecule has 484 valence electrons. The highest BCUT2D eigenvalue weighted by atomic mass is 19.4. The molecule has 20 nitrogen and oxygen atoms in total. The van der Waals surface area contributed by atoms with E-state index in [4.69, 9.17) is 14.5 Å². The monoisotopic (exact) mass is 1260 g/mol. The van der Waals surface area contributed by atoms with Crippen molar-refractivity contribution in [1.29, 1.82) is 0 Å². The molecule has 6 fully saturated rings. The van der Waals surface area contributed by atoms with Crippen molar-refractivity contribution in [3.8, 4) is 22.3 Å². The second-order valence-corrected chi connectivity index (χ2v) is 25.1. The Kier molecular flexibility index (Phi) is 19.0. The van der Waals surface area contributed by atoms with E-state index in [2.05, 4.69) is 44.8 Å². The molecule has 28 heteroatoms. The van der Waals surface area contributed by atoms with Crippen molar-refractivity contribution >= 4 is 35.6 Å². The number of carbonyl (C=O) groups is 4. The van der Waals surface area contributed by atoms with E-state index in [1.54, 1.807) is 42.6 Å². The molecule has 6 aliphatic rings. The highest BCUT2D eigenvalue weighted by Gasteiger charge is 2.58. The predicted octanol–water partition coefficient (Wildman–Crippen LogP) is 6.74. The molecule has 10 rings (SSSR count). The van der Waals surface area contributed by atoms with Crippen LogP contribution >= 0.6 is 0 Å². The number of pyridine rings is 2. The Morgan fingerprint density at radius 2 is 1.02 bits per heavy atom. The SMILES string of the molecule is COC(=O)N[C@H](C(=O)N[C@@H](Cc1ccc(-c2ccc(N3CC4CCC(C3)N4C3COC3)nc2)cc1)[C@@H](O)CN(Cc1c(F)cc(-c2ccc(N3CC4CCC(C3)N4C3COC3)nc2)cc1F)NC(=O)[C@@H](NC(=O)OC)C(C)(C)C(F)(F)F)C(C)(C)C(F)(F)F. The van der Waals surface area contributed by atoms with E-state index in [9.17, 15) is 50.6 Å². The lowest BCUT2D eigenvalue weighted by atomic mass is 9.82. The Morgan fingerprint density at radius 1 is 0.607 bits per heavy atom. The van der Waals surface area contributed by atoms with Crippen LogP contribution in [0.25, 0.3) is 22.3 Å². The molecule has 2 aromatic heterocycles. The third-order valence-corrected chi connectivity index (χ3v) is 18.7. The van der Waals surface area contributed by atoms with E-state index in [-0.39, 0.29) is 5.56 Å². The van der Waals surface area contributed by atoms with Gasteiger partial charge in [0.15, 0.2) is 0 Å². The zero-order valence-corrected chi connectivity index (χ0v) is 50.2. The van der Waals surface area contributed by atoms with Gasteiger partial charge in [0.05, 0.1) is 75.7 Å². The van der Waals surface area contributed by atoms with E-state index in [0.29, 0.717) is 105 Å². The molecule has 89 heavy (non-hydrogen) atoms. The predicted molar refractivity (Wildman–Crippen MR) is 309 cm³/mol. The maximum atomic E-state index is 16.6. The quantitative estimate of drug-likeness (QED) is 0.0432. The van der Waals surface area contributed by atoms with E-state index >= 15 is 8.78 Å². The first-order valence-electron chi connectivity index (χ1n) is 29.7. The average Bonchev–Trinajstić information content (AvgIpc) is 1.96. The number of nitrogens with zero attached hydrogens (tertiary/aromatic N) is 7. The Morgan fingerprint density at radius 3 is 1.40 bits per heavy atom. The third kappa shape index (κ3) is 13.9. The Balaban J connectivity index is 0.924. The van der Waals surface area contributed by atoms with Crippen molar-refractivity contribution in [2.75, 3.05) is 83.2 Å². The number of benzene rings is 2. The van der Waals surface area contributed by atoms with Crippen LogP contribution in [0.5, 0.6) is 0 Å². The molecule has 4 bridgehead atoms. The fourth-order valence-electron chi connectivity index (χ4n) is 13.0. The first-order valence-corrected chi connectivity index (χ1v) is 29.7. The number of alkyl halides is 6. The van der Waals surface area contributed by atoms with Crippen LogP contribution in [0.3, 0.4) is 0 Å². The topological polar surface area (TPSA) is 216 Å². The van der Waals surface area contributed by atoms with E-state index < -0.39 is 108 Å². The Bertz CT molecular complexity index is 3120. The van der Waals surface area contributed by atoms with Gasteiger partial charge < -0.3 is 49.8 Å². The molecule has 0 radical (unpaired) electrons. The summed E-state index contributed by atoms with van der Waals surface area (Å²) in [5.41, 5.74) is -2.55. The number of carbonyl (C=O) groups excluding carboxylic acids is 4. The number of hydrazine groups is 1. The molecule has 8 atom stereocenters. The lowest BCUT2D eigenvalue weighted by Gasteiger charge is -2.48. The van der Waals surface area contributed by atoms with E-state index in [1.807, 2.05) is 22.8 Å². The van der Waals surface area contributed by atoms with Crippen LogP contribution in [0, 0.1) is 22.5 Å². The zero-order valence-electron chi connectivity index (χ0n) is 50.2. The van der Waals surface area contributed by atoms with Crippen molar-refractivity contribution < 1.29 is 78.4 Å². The largest absolute Gasteiger partial charge is 0.453 e. The number of ether oxygens (including phenoxy) is 4. The minimum atomic E-state index is -5.19. The van der Waals surface area contributed by atoms with Crippen molar-refractivity contribution in [2.45, 2.75) is 139 Å². The molecule has 4 aromatic rings. The van der Waals surface area contributed by atoms with Gasteiger partial charge in [0.25, 0.3) is 5.91 Å². The first-order chi connectivity index (χ1) is 42.1. The Labute approximate surface area is 509 Å². The normalized spacial score (nSPS) is 22.4. The van der Waals surface area contributed by atoms with Crippen LogP contribution in [-0.2, 0) is 41.5 Å². The second-order valence-electron chi connectivity index (χ2n) is 25.1. The number of methoxy groups -OCH3 is 2. The van der Waals surface area contributed by atoms with Crippen LogP contribution in [0.2, 0.25) is 0 Å². The summed E-state index contributed by atoms with van der Waals surface area (Å²) in [6.45, 7) is 6.44. The number of nitrogens with one attached hydrogen (secondary N) is 4. The summed E-state index contributed by atoms with van der Waals surface area (Å²) in [5.74, 6) is -4.04. The maximum Gasteiger partial charge on any atom is 0.407 e. The molecule has 0 saturated carbocycles. The van der Waals surface area contributed by atoms with Gasteiger partial charge in [-0.2, -0.15) is 26.3 Å². The van der Waals surface area contributed by atoms with E-state index in [0.717, 1.165) is 103 Å². The minimum absolute atomic E-state index is 0.0394. The van der Waals surface area contributed by atoms with Crippen LogP contribution in [0.1, 0.15) is 64.5 Å². The summed E-state index contributed by atoms with van der Waals surface area (Å²) in [5, 5.41) is 19.1. The number of halogens is 8. The van der Waals surface area contributed by atoms with Crippen LogP contribution < -0.4 is 31.2 Å². The molecule has 5 N–H and O–H groups in total. The number of aliphatic hydroxyl groups is 1. The summed E-state index contributed by atoms with van der Waals surface area (Å²) in [4.78, 5) is 72.7. The lowest BCUT2D eigenvalue weighted by Crippen LogP contribution is -2.63. The molecular weight excluding hydrogens is 1180 g/mol. The molecule has 4 amide bonds. The van der Waals surface area contributed by atoms with Crippen molar-refractivity contribution in [1.82, 2.24) is 46.2 Å². The number of fused-ring (bicyclic) bond motifs is 4. The fraction of sp³-hybridized carbons (Fsp3) is 0.574. The van der Waals surface area contributed by atoms with Crippen molar-refractivity contribution in [3.05, 3.63) is 95.8 Å². The number of piperazine rings is 2. The van der Waals surface area contributed by atoms with Gasteiger partial charge >= 0.3 is 24.5 Å². The molecule has 0 spiro atoms. The van der Waals surface area contributed by atoms with Gasteiger partial charge in [-0.25, -0.2) is 33.3 Å². The number of rotatable bonds is 21. The molecule has 6 saturated heterocycles. The van der Waals surface area contributed by atoms with Crippen molar-refractivity contribution in [3.63, 3.8) is 0 Å². The number of alkyl carbamates (subject to hydrolysis) is 2. The molecular formula is C61H75F8N11O9. The maximum absolute atomic E-state index is 16.6. The molecule has 2 aromatic carbocycles. The summed E-state index contributed by atoms with van der Waals surface area (Å²) >= 11 is 0. The van der Waals surface area contributed by atoms with E-state index in [1.165, 1.54) is 6.20 Å². The minimum Gasteiger partial charge on any atom is -0.453 e. The Hall–Kier alpha value is -6.98. The summed E-state index contributed by atoms with van der Waals surface area (Å²) in [6, 6.07) is 11.4. The van der Waals surface area contributed by atoms with Gasteiger partial charge in [-0.05, 0) is 113 Å². The number of anilines is 2. The van der Waals surface area contributed by atoms with Crippen LogP contribution in [-0.4, -0.2) is 200 Å². The van der Waals surface area contributed by atoms with Crippen molar-refractivity contribution in [2.24, 2.45) is 10.8 Å². The van der Waals surface area contributed by atoms with Crippen LogP contribution in [0.4, 0.5) is 56.3 Å². The van der Waals surface area contributed by atoms with Crippen LogP contribution in [0.15, 0.2) is 73.1 Å². The number of aromatic nitrogens is 2. The molecule has 6 aliphatic heterocycles. The summed E-state index contributed by atoms with van der Waals surface area (Å²) < 4.78 is 142.